The largest absolute Gasteiger partial charge is 0.508 e. The van der Waals surface area contributed by atoms with E-state index in [9.17, 15) is 5.11 Å². The third kappa shape index (κ3) is 12.1. The Morgan fingerprint density at radius 3 is 2.08 bits per heavy atom. The number of nitrogens with zero attached hydrogens (tertiary/aromatic N) is 1. The Labute approximate surface area is 235 Å². The number of phenolic OH excluding ortho intramolecular Hbond substituents is 1. The number of methoxy groups -OCH3 is 1. The number of ether oxygens (including phenoxy) is 1. The Hall–Kier alpha value is -2.42. The summed E-state index contributed by atoms with van der Waals surface area (Å²) in [5.74, 6) is 1.63. The second-order valence-electron chi connectivity index (χ2n) is 10.0. The van der Waals surface area contributed by atoms with Crippen molar-refractivity contribution in [3.63, 3.8) is 0 Å². The van der Waals surface area contributed by atoms with E-state index in [-0.39, 0.29) is 0 Å². The molecule has 0 radical (unpaired) electrons. The Morgan fingerprint density at radius 2 is 1.46 bits per heavy atom. The van der Waals surface area contributed by atoms with Crippen LogP contribution in [0.2, 0.25) is 0 Å². The van der Waals surface area contributed by atoms with Crippen molar-refractivity contribution >= 4 is 10.9 Å². The van der Waals surface area contributed by atoms with Crippen LogP contribution in [-0.4, -0.2) is 12.2 Å². The molecule has 0 aliphatic rings. The van der Waals surface area contributed by atoms with Gasteiger partial charge in [-0.25, -0.2) is 18.6 Å². The van der Waals surface area contributed by atoms with Crippen LogP contribution in [0.25, 0.3) is 10.9 Å². The van der Waals surface area contributed by atoms with Crippen molar-refractivity contribution in [2.24, 2.45) is 0 Å². The van der Waals surface area contributed by atoms with E-state index in [2.05, 4.69) is 54.8 Å². The number of rotatable bonds is 15. The smallest absolute Gasteiger partial charge is 0.212 e. The van der Waals surface area contributed by atoms with Crippen molar-refractivity contribution < 1.29 is 43.3 Å². The van der Waals surface area contributed by atoms with Gasteiger partial charge in [0.25, 0.3) is 0 Å². The number of phenols is 1. The molecule has 7 nitrogen and oxygen atoms in total. The van der Waals surface area contributed by atoms with Crippen LogP contribution in [0.4, 0.5) is 0 Å². The molecule has 0 aliphatic carbocycles. The van der Waals surface area contributed by atoms with Gasteiger partial charge in [-0.3, -0.25) is 0 Å². The molecule has 1 aromatic heterocycles. The van der Waals surface area contributed by atoms with E-state index in [1.165, 1.54) is 68.0 Å². The predicted octanol–water partition coefficient (Wildman–Crippen LogP) is 3.35. The second kappa shape index (κ2) is 17.3. The van der Waals surface area contributed by atoms with E-state index in [4.69, 9.17) is 23.4 Å². The first-order valence-electron chi connectivity index (χ1n) is 14.1. The van der Waals surface area contributed by atoms with Crippen LogP contribution in [0.15, 0.2) is 54.6 Å². The first-order valence-corrected chi connectivity index (χ1v) is 15.3. The summed E-state index contributed by atoms with van der Waals surface area (Å²) in [7, 11) is -3.22. The van der Waals surface area contributed by atoms with Gasteiger partial charge >= 0.3 is 0 Å². The highest BCUT2D eigenvalue weighted by Gasteiger charge is 2.22. The zero-order valence-electron chi connectivity index (χ0n) is 23.6. The number of aryl methyl sites for hydroxylation is 1. The monoisotopic (exact) mass is 561 g/mol. The number of benzene rings is 2. The predicted molar refractivity (Wildman–Crippen MR) is 143 cm³/mol. The molecule has 0 spiro atoms. The number of aromatic nitrogens is 1. The van der Waals surface area contributed by atoms with E-state index >= 15 is 0 Å². The summed E-state index contributed by atoms with van der Waals surface area (Å²) in [5.41, 5.74) is 3.69. The Morgan fingerprint density at radius 1 is 0.821 bits per heavy atom. The zero-order chi connectivity index (χ0) is 28.7. The fourth-order valence-corrected chi connectivity index (χ4v) is 5.12. The van der Waals surface area contributed by atoms with Crippen LogP contribution in [0, 0.1) is 10.2 Å². The van der Waals surface area contributed by atoms with Gasteiger partial charge in [-0.15, -0.1) is 10.2 Å². The van der Waals surface area contributed by atoms with Crippen LogP contribution in [-0.2, 0) is 13.0 Å². The van der Waals surface area contributed by atoms with Crippen LogP contribution >= 0.6 is 0 Å². The van der Waals surface area contributed by atoms with E-state index in [1.807, 2.05) is 18.2 Å². The molecule has 1 unspecified atom stereocenters. The van der Waals surface area contributed by atoms with Gasteiger partial charge in [-0.2, -0.15) is 4.57 Å². The van der Waals surface area contributed by atoms with Crippen LogP contribution in [0.3, 0.4) is 0 Å². The van der Waals surface area contributed by atoms with Gasteiger partial charge < -0.3 is 9.84 Å². The lowest BCUT2D eigenvalue weighted by atomic mass is 9.89. The lowest BCUT2D eigenvalue weighted by Gasteiger charge is -2.18. The zero-order valence-corrected chi connectivity index (χ0v) is 24.3. The number of unbranched alkanes of at least 4 members (excludes halogenated alkanes) is 7. The molecule has 0 aliphatic heterocycles. The molecule has 3 aromatic rings. The summed E-state index contributed by atoms with van der Waals surface area (Å²) in [5, 5.41) is 11.8. The first-order chi connectivity index (χ1) is 18.7. The maximum atomic E-state index is 10.5. The molecular weight excluding hydrogens is 518 g/mol. The average molecular weight is 562 g/mol. The van der Waals surface area contributed by atoms with Crippen molar-refractivity contribution in [2.75, 3.05) is 7.11 Å². The lowest BCUT2D eigenvalue weighted by Crippen LogP contribution is -2.68. The summed E-state index contributed by atoms with van der Waals surface area (Å²) >= 11 is 0. The Bertz CT molecular complexity index is 1110. The number of aromatic hydroxyl groups is 1. The SMILES string of the molecule is CCCCCCCCCC[n+]1c(CC(CCC)c2ccccc2O)ccc2cc(OC)ccc21.[O-][Cl+3]([O-])([O-])[O-]. The van der Waals surface area contributed by atoms with Crippen molar-refractivity contribution in [3.8, 4) is 11.5 Å². The Balaban J connectivity index is 0.000000976. The van der Waals surface area contributed by atoms with Crippen LogP contribution < -0.4 is 27.9 Å². The summed E-state index contributed by atoms with van der Waals surface area (Å²) in [6, 6.07) is 18.8. The number of hydrogen-bond acceptors (Lipinski definition) is 6. The number of hydrogen-bond donors (Lipinski definition) is 1. The van der Waals surface area contributed by atoms with Crippen molar-refractivity contribution in [2.45, 2.75) is 96.9 Å². The minimum absolute atomic E-state index is 0.312. The highest BCUT2D eigenvalue weighted by molar-refractivity contribution is 5.77. The van der Waals surface area contributed by atoms with Gasteiger partial charge in [0.1, 0.15) is 18.0 Å². The highest BCUT2D eigenvalue weighted by Crippen LogP contribution is 2.32. The maximum Gasteiger partial charge on any atom is 0.212 e. The van der Waals surface area contributed by atoms with Gasteiger partial charge in [0.2, 0.25) is 5.52 Å². The summed E-state index contributed by atoms with van der Waals surface area (Å²) < 4.78 is 42.0. The molecule has 2 aromatic carbocycles. The fourth-order valence-electron chi connectivity index (χ4n) is 5.12. The van der Waals surface area contributed by atoms with Crippen molar-refractivity contribution in [3.05, 3.63) is 65.9 Å². The number of para-hydroxylation sites is 1. The summed E-state index contributed by atoms with van der Waals surface area (Å²) in [6.07, 6.45) is 13.7. The molecule has 3 rings (SSSR count). The topological polar surface area (TPSA) is 126 Å². The highest BCUT2D eigenvalue weighted by atomic mass is 35.7. The lowest BCUT2D eigenvalue weighted by molar-refractivity contribution is -2.00. The van der Waals surface area contributed by atoms with Gasteiger partial charge in [0, 0.05) is 25.0 Å². The number of pyridine rings is 1. The minimum Gasteiger partial charge on any atom is -0.508 e. The fraction of sp³-hybridized carbons (Fsp3) is 0.516. The molecule has 1 atom stereocenters. The molecule has 0 bridgehead atoms. The third-order valence-electron chi connectivity index (χ3n) is 7.03. The molecule has 8 heteroatoms. The number of fused-ring (bicyclic) bond motifs is 1. The van der Waals surface area contributed by atoms with E-state index < -0.39 is 10.2 Å². The van der Waals surface area contributed by atoms with Gasteiger partial charge in [0.05, 0.1) is 12.5 Å². The minimum atomic E-state index is -4.94. The van der Waals surface area contributed by atoms with Crippen molar-refractivity contribution in [1.29, 1.82) is 0 Å². The van der Waals surface area contributed by atoms with Crippen LogP contribution in [0.5, 0.6) is 11.5 Å². The third-order valence-corrected chi connectivity index (χ3v) is 7.03. The maximum absolute atomic E-state index is 10.5. The molecule has 1 heterocycles. The normalized spacial score (nSPS) is 12.2. The van der Waals surface area contributed by atoms with Crippen molar-refractivity contribution in [1.82, 2.24) is 0 Å². The van der Waals surface area contributed by atoms with Gasteiger partial charge in [0.15, 0.2) is 5.69 Å². The van der Waals surface area contributed by atoms with Crippen LogP contribution in [0.1, 0.15) is 95.2 Å². The van der Waals surface area contributed by atoms with E-state index in [0.717, 1.165) is 37.1 Å². The molecule has 216 valence electrons. The quantitative estimate of drug-likeness (QED) is 0.224. The standard InChI is InChI=1S/C31H43NO2.ClHO4/c1-4-6-7-8-9-10-11-14-22-32-27(19-18-26-24-28(34-3)20-21-30(26)32)23-25(15-5-2)29-16-12-13-17-31(29)33;2-1(3,4)5/h12-13,16-21,24-25H,4-11,14-15,22-23H2,1-3H3;(H,2,3,4,5). The summed E-state index contributed by atoms with van der Waals surface area (Å²) in [4.78, 5) is 0. The van der Waals surface area contributed by atoms with Gasteiger partial charge in [-0.1, -0.05) is 77.0 Å². The second-order valence-corrected chi connectivity index (χ2v) is 10.8. The molecule has 0 saturated heterocycles. The Kier molecular flexibility index (Phi) is 14.6. The average Bonchev–Trinajstić information content (AvgIpc) is 2.89. The van der Waals surface area contributed by atoms with E-state index in [0.29, 0.717) is 11.7 Å². The first kappa shape index (κ1) is 32.8. The van der Waals surface area contributed by atoms with E-state index in [1.54, 1.807) is 7.11 Å². The molecule has 0 saturated carbocycles. The molecule has 1 N–H and O–H groups in total. The molecular formula is C31H44ClNO6. The molecule has 0 amide bonds. The number of halogens is 1. The molecule has 0 fully saturated rings. The molecule has 39 heavy (non-hydrogen) atoms. The van der Waals surface area contributed by atoms with Gasteiger partial charge in [-0.05, 0) is 48.6 Å². The summed E-state index contributed by atoms with van der Waals surface area (Å²) in [6.45, 7) is 5.54.